The third-order valence-electron chi connectivity index (χ3n) is 5.03. The van der Waals surface area contributed by atoms with E-state index in [1.165, 1.54) is 11.3 Å². The van der Waals surface area contributed by atoms with E-state index in [-0.39, 0.29) is 23.7 Å². The molecular weight excluding hydrogens is 374 g/mol. The summed E-state index contributed by atoms with van der Waals surface area (Å²) in [6.45, 7) is 3.98. The molecule has 1 heterocycles. The molecule has 2 aromatic rings. The minimum absolute atomic E-state index is 0.0283. The lowest BCUT2D eigenvalue weighted by Crippen LogP contribution is -2.48. The van der Waals surface area contributed by atoms with Gasteiger partial charge in [0.1, 0.15) is 11.0 Å². The van der Waals surface area contributed by atoms with Crippen molar-refractivity contribution in [3.05, 3.63) is 24.3 Å². The Bertz CT molecular complexity index is 829. The Morgan fingerprint density at radius 3 is 2.46 bits per heavy atom. The zero-order chi connectivity index (χ0) is 20.3. The van der Waals surface area contributed by atoms with Crippen LogP contribution in [0.2, 0.25) is 0 Å². The number of nitrogens with zero attached hydrogens (tertiary/aromatic N) is 3. The Morgan fingerprint density at radius 2 is 1.89 bits per heavy atom. The van der Waals surface area contributed by atoms with Gasteiger partial charge in [0.25, 0.3) is 0 Å². The van der Waals surface area contributed by atoms with Crippen LogP contribution in [0.3, 0.4) is 0 Å². The molecule has 150 valence electrons. The molecule has 8 heteroatoms. The first-order valence-corrected chi connectivity index (χ1v) is 10.4. The van der Waals surface area contributed by atoms with Crippen LogP contribution < -0.4 is 15.5 Å². The van der Waals surface area contributed by atoms with Crippen LogP contribution in [0.1, 0.15) is 33.1 Å². The molecule has 0 radical (unpaired) electrons. The van der Waals surface area contributed by atoms with Crippen LogP contribution in [0, 0.1) is 11.8 Å². The second kappa shape index (κ2) is 8.68. The lowest BCUT2D eigenvalue weighted by molar-refractivity contribution is -0.128. The minimum Gasteiger partial charge on any atom is -0.378 e. The fourth-order valence-corrected chi connectivity index (χ4v) is 3.55. The third-order valence-corrected chi connectivity index (χ3v) is 5.91. The molecule has 2 amide bonds. The predicted octanol–water partition coefficient (Wildman–Crippen LogP) is 3.15. The number of aromatic nitrogens is 2. The monoisotopic (exact) mass is 401 g/mol. The van der Waals surface area contributed by atoms with E-state index >= 15 is 0 Å². The van der Waals surface area contributed by atoms with Gasteiger partial charge < -0.3 is 10.2 Å². The summed E-state index contributed by atoms with van der Waals surface area (Å²) in [6, 6.07) is 7.44. The Balaban J connectivity index is 1.68. The number of amides is 2. The number of hydrogen-bond donors (Lipinski definition) is 2. The highest BCUT2D eigenvalue weighted by Crippen LogP contribution is 2.30. The third kappa shape index (κ3) is 4.86. The lowest BCUT2D eigenvalue weighted by Gasteiger charge is -2.22. The first-order chi connectivity index (χ1) is 13.4. The number of rotatable bonds is 8. The van der Waals surface area contributed by atoms with Gasteiger partial charge in [0.2, 0.25) is 16.9 Å². The van der Waals surface area contributed by atoms with Crippen LogP contribution in [-0.4, -0.2) is 42.1 Å². The number of carbonyl (C=O) groups is 2. The van der Waals surface area contributed by atoms with E-state index in [0.717, 1.165) is 35.5 Å². The lowest BCUT2D eigenvalue weighted by atomic mass is 9.98. The molecule has 0 unspecified atom stereocenters. The maximum Gasteiger partial charge on any atom is 0.249 e. The Kier molecular flexibility index (Phi) is 6.28. The molecule has 2 N–H and O–H groups in total. The van der Waals surface area contributed by atoms with Crippen LogP contribution in [0.15, 0.2) is 24.3 Å². The number of nitrogens with one attached hydrogen (secondary N) is 2. The SMILES string of the molecule is CC[C@@H](C)[C@@H](NC(=O)C1CC1)C(=O)Nc1nnc(-c2ccc(N(C)C)cc2)s1. The molecule has 0 spiro atoms. The molecule has 7 nitrogen and oxygen atoms in total. The van der Waals surface area contributed by atoms with Gasteiger partial charge in [-0.1, -0.05) is 31.6 Å². The molecule has 0 aliphatic heterocycles. The highest BCUT2D eigenvalue weighted by molar-refractivity contribution is 7.18. The van der Waals surface area contributed by atoms with Gasteiger partial charge in [-0.25, -0.2) is 0 Å². The van der Waals surface area contributed by atoms with Crippen molar-refractivity contribution in [2.24, 2.45) is 11.8 Å². The van der Waals surface area contributed by atoms with Crippen molar-refractivity contribution in [2.75, 3.05) is 24.3 Å². The van der Waals surface area contributed by atoms with E-state index in [9.17, 15) is 9.59 Å². The summed E-state index contributed by atoms with van der Waals surface area (Å²) in [6.07, 6.45) is 2.61. The molecule has 1 saturated carbocycles. The van der Waals surface area contributed by atoms with Crippen molar-refractivity contribution < 1.29 is 9.59 Å². The summed E-state index contributed by atoms with van der Waals surface area (Å²) in [7, 11) is 3.98. The molecule has 1 fully saturated rings. The molecule has 1 aliphatic carbocycles. The standard InChI is InChI=1S/C20H27N5O2S/c1-5-12(2)16(21-17(26)13-6-7-13)18(27)22-20-24-23-19(28-20)14-8-10-15(11-9-14)25(3)4/h8-13,16H,5-7H2,1-4H3,(H,21,26)(H,22,24,27)/t12-,16-/m1/s1. The van der Waals surface area contributed by atoms with Crippen molar-refractivity contribution in [1.29, 1.82) is 0 Å². The van der Waals surface area contributed by atoms with E-state index in [4.69, 9.17) is 0 Å². The van der Waals surface area contributed by atoms with Crippen molar-refractivity contribution in [3.63, 3.8) is 0 Å². The molecule has 0 bridgehead atoms. The first kappa shape index (κ1) is 20.3. The van der Waals surface area contributed by atoms with E-state index in [1.54, 1.807) is 0 Å². The number of carbonyl (C=O) groups excluding carboxylic acids is 2. The van der Waals surface area contributed by atoms with E-state index in [0.29, 0.717) is 5.13 Å². The second-order valence-electron chi connectivity index (χ2n) is 7.49. The van der Waals surface area contributed by atoms with Gasteiger partial charge in [-0.3, -0.25) is 14.9 Å². The topological polar surface area (TPSA) is 87.2 Å². The fourth-order valence-electron chi connectivity index (χ4n) is 2.79. The van der Waals surface area contributed by atoms with Crippen LogP contribution in [0.4, 0.5) is 10.8 Å². The van der Waals surface area contributed by atoms with Crippen molar-refractivity contribution >= 4 is 34.0 Å². The average molecular weight is 402 g/mol. The molecule has 28 heavy (non-hydrogen) atoms. The zero-order valence-electron chi connectivity index (χ0n) is 16.7. The predicted molar refractivity (Wildman–Crippen MR) is 112 cm³/mol. The quantitative estimate of drug-likeness (QED) is 0.709. The van der Waals surface area contributed by atoms with Crippen molar-refractivity contribution in [3.8, 4) is 10.6 Å². The minimum atomic E-state index is -0.565. The summed E-state index contributed by atoms with van der Waals surface area (Å²) in [5.41, 5.74) is 2.05. The molecule has 0 saturated heterocycles. The summed E-state index contributed by atoms with van der Waals surface area (Å²) in [5.74, 6) is -0.167. The smallest absolute Gasteiger partial charge is 0.249 e. The van der Waals surface area contributed by atoms with Crippen molar-refractivity contribution in [1.82, 2.24) is 15.5 Å². The van der Waals surface area contributed by atoms with Gasteiger partial charge in [0.15, 0.2) is 0 Å². The van der Waals surface area contributed by atoms with E-state index in [2.05, 4.69) is 20.8 Å². The van der Waals surface area contributed by atoms with Crippen LogP contribution in [0.5, 0.6) is 0 Å². The molecule has 3 rings (SSSR count). The molecule has 1 aliphatic rings. The van der Waals surface area contributed by atoms with E-state index < -0.39 is 6.04 Å². The molecular formula is C20H27N5O2S. The number of hydrogen-bond acceptors (Lipinski definition) is 6. The molecule has 2 atom stereocenters. The van der Waals surface area contributed by atoms with Crippen LogP contribution >= 0.6 is 11.3 Å². The Morgan fingerprint density at radius 1 is 1.21 bits per heavy atom. The normalized spacial score (nSPS) is 15.6. The fraction of sp³-hybridized carbons (Fsp3) is 0.500. The number of anilines is 2. The van der Waals surface area contributed by atoms with Gasteiger partial charge >= 0.3 is 0 Å². The highest BCUT2D eigenvalue weighted by atomic mass is 32.1. The summed E-state index contributed by atoms with van der Waals surface area (Å²) >= 11 is 1.32. The number of benzene rings is 1. The van der Waals surface area contributed by atoms with E-state index in [1.807, 2.05) is 57.1 Å². The van der Waals surface area contributed by atoms with Gasteiger partial charge in [-0.2, -0.15) is 0 Å². The summed E-state index contributed by atoms with van der Waals surface area (Å²) in [5, 5.41) is 15.2. The second-order valence-corrected chi connectivity index (χ2v) is 8.47. The molecule has 1 aromatic heterocycles. The van der Waals surface area contributed by atoms with Gasteiger partial charge in [0.05, 0.1) is 0 Å². The van der Waals surface area contributed by atoms with Gasteiger partial charge in [0, 0.05) is 31.3 Å². The summed E-state index contributed by atoms with van der Waals surface area (Å²) in [4.78, 5) is 26.9. The highest BCUT2D eigenvalue weighted by Gasteiger charge is 2.34. The maximum absolute atomic E-state index is 12.8. The largest absolute Gasteiger partial charge is 0.378 e. The van der Waals surface area contributed by atoms with Crippen molar-refractivity contribution in [2.45, 2.75) is 39.2 Å². The first-order valence-electron chi connectivity index (χ1n) is 9.61. The van der Waals surface area contributed by atoms with Gasteiger partial charge in [-0.15, -0.1) is 10.2 Å². The van der Waals surface area contributed by atoms with Crippen LogP contribution in [0.25, 0.3) is 10.6 Å². The summed E-state index contributed by atoms with van der Waals surface area (Å²) < 4.78 is 0. The van der Waals surface area contributed by atoms with Gasteiger partial charge in [-0.05, 0) is 43.0 Å². The maximum atomic E-state index is 12.8. The zero-order valence-corrected chi connectivity index (χ0v) is 17.5. The average Bonchev–Trinajstić information content (AvgIpc) is 3.44. The Hall–Kier alpha value is -2.48. The van der Waals surface area contributed by atoms with Crippen LogP contribution in [-0.2, 0) is 9.59 Å². The Labute approximate surface area is 169 Å². The molecule has 1 aromatic carbocycles.